The van der Waals surface area contributed by atoms with Crippen molar-refractivity contribution in [1.82, 2.24) is 0 Å². The average Bonchev–Trinajstić information content (AvgIpc) is 2.70. The first-order valence-electron chi connectivity index (χ1n) is 8.54. The molecule has 0 fully saturated rings. The van der Waals surface area contributed by atoms with Crippen molar-refractivity contribution in [2.24, 2.45) is 0 Å². The molecule has 0 N–H and O–H groups in total. The van der Waals surface area contributed by atoms with Crippen molar-refractivity contribution in [1.29, 1.82) is 0 Å². The van der Waals surface area contributed by atoms with Crippen LogP contribution in [0.1, 0.15) is 11.1 Å². The largest absolute Gasteiger partial charge is 0.0622 e. The van der Waals surface area contributed by atoms with E-state index in [1.807, 2.05) is 0 Å². The van der Waals surface area contributed by atoms with Gasteiger partial charge in [0.1, 0.15) is 0 Å². The van der Waals surface area contributed by atoms with Gasteiger partial charge >= 0.3 is 0 Å². The fraction of sp³-hybridized carbons (Fsp3) is 0. The molecule has 0 spiro atoms. The molecule has 0 aliphatic rings. The van der Waals surface area contributed by atoms with Gasteiger partial charge in [0.25, 0.3) is 0 Å². The van der Waals surface area contributed by atoms with E-state index >= 15 is 0 Å². The van der Waals surface area contributed by atoms with Gasteiger partial charge in [-0.3, -0.25) is 0 Å². The number of rotatable bonds is 4. The third kappa shape index (κ3) is 3.70. The summed E-state index contributed by atoms with van der Waals surface area (Å²) in [6.45, 7) is 0. The minimum Gasteiger partial charge on any atom is -0.0622 e. The third-order valence-corrected chi connectivity index (χ3v) is 4.32. The van der Waals surface area contributed by atoms with E-state index < -0.39 is 0 Å². The Morgan fingerprint density at radius 3 is 1.20 bits per heavy atom. The number of hydrogen-bond acceptors (Lipinski definition) is 0. The molecule has 0 aliphatic heterocycles. The quantitative estimate of drug-likeness (QED) is 0.396. The molecule has 25 heavy (non-hydrogen) atoms. The van der Waals surface area contributed by atoms with Crippen LogP contribution < -0.4 is 0 Å². The van der Waals surface area contributed by atoms with E-state index in [-0.39, 0.29) is 0 Å². The molecule has 0 heterocycles. The summed E-state index contributed by atoms with van der Waals surface area (Å²) in [6, 6.07) is 38.4. The van der Waals surface area contributed by atoms with Crippen LogP contribution in [-0.2, 0) is 0 Å². The Balaban J connectivity index is 1.61. The lowest BCUT2D eigenvalue weighted by molar-refractivity contribution is 1.43. The summed E-state index contributed by atoms with van der Waals surface area (Å²) in [4.78, 5) is 0. The SMILES string of the molecule is [CH](c1cccc(-c2ccccc2)c1)c1cccc(-c2ccccc2)c1. The van der Waals surface area contributed by atoms with E-state index in [0.29, 0.717) is 0 Å². The molecule has 0 atom stereocenters. The Hall–Kier alpha value is -3.12. The zero-order valence-electron chi connectivity index (χ0n) is 14.0. The molecule has 4 aromatic rings. The average molecular weight is 319 g/mol. The van der Waals surface area contributed by atoms with Crippen molar-refractivity contribution >= 4 is 0 Å². The number of benzene rings is 4. The molecular weight excluding hydrogens is 300 g/mol. The van der Waals surface area contributed by atoms with Gasteiger partial charge in [-0.05, 0) is 33.4 Å². The second-order valence-corrected chi connectivity index (χ2v) is 6.13. The van der Waals surface area contributed by atoms with Crippen molar-refractivity contribution in [3.8, 4) is 22.3 Å². The van der Waals surface area contributed by atoms with Gasteiger partial charge in [0.2, 0.25) is 0 Å². The van der Waals surface area contributed by atoms with Crippen LogP contribution in [0.3, 0.4) is 0 Å². The van der Waals surface area contributed by atoms with Crippen LogP contribution in [0.4, 0.5) is 0 Å². The van der Waals surface area contributed by atoms with E-state index in [0.717, 1.165) is 0 Å². The van der Waals surface area contributed by atoms with Crippen LogP contribution >= 0.6 is 0 Å². The lowest BCUT2D eigenvalue weighted by atomic mass is 9.97. The van der Waals surface area contributed by atoms with Crippen molar-refractivity contribution in [3.63, 3.8) is 0 Å². The highest BCUT2D eigenvalue weighted by atomic mass is 14.1. The summed E-state index contributed by atoms with van der Waals surface area (Å²) in [7, 11) is 0. The van der Waals surface area contributed by atoms with Crippen molar-refractivity contribution in [3.05, 3.63) is 127 Å². The maximum absolute atomic E-state index is 2.24. The van der Waals surface area contributed by atoms with Gasteiger partial charge in [-0.2, -0.15) is 0 Å². The molecule has 0 heteroatoms. The molecule has 0 aliphatic carbocycles. The van der Waals surface area contributed by atoms with Crippen molar-refractivity contribution in [2.75, 3.05) is 0 Å². The molecular formula is C25H19. The minimum absolute atomic E-state index is 1.21. The van der Waals surface area contributed by atoms with Gasteiger partial charge in [0.05, 0.1) is 0 Å². The van der Waals surface area contributed by atoms with Crippen molar-refractivity contribution in [2.45, 2.75) is 0 Å². The molecule has 0 unspecified atom stereocenters. The fourth-order valence-corrected chi connectivity index (χ4v) is 3.07. The summed E-state index contributed by atoms with van der Waals surface area (Å²) >= 11 is 0. The summed E-state index contributed by atoms with van der Waals surface area (Å²) < 4.78 is 0. The third-order valence-electron chi connectivity index (χ3n) is 4.32. The summed E-state index contributed by atoms with van der Waals surface area (Å²) in [5, 5.41) is 0. The predicted molar refractivity (Wildman–Crippen MR) is 106 cm³/mol. The van der Waals surface area contributed by atoms with E-state index in [1.165, 1.54) is 33.4 Å². The molecule has 0 bridgehead atoms. The maximum atomic E-state index is 2.24. The molecule has 4 aromatic carbocycles. The van der Waals surface area contributed by atoms with Gasteiger partial charge in [-0.15, -0.1) is 0 Å². The van der Waals surface area contributed by atoms with E-state index in [4.69, 9.17) is 0 Å². The topological polar surface area (TPSA) is 0 Å². The Labute approximate surface area is 149 Å². The molecule has 4 rings (SSSR count). The Morgan fingerprint density at radius 2 is 0.760 bits per heavy atom. The molecule has 0 saturated carbocycles. The molecule has 0 saturated heterocycles. The molecule has 0 amide bonds. The standard InChI is InChI=1S/C25H19/c1-3-11-22(12-4-1)24-15-7-9-20(18-24)17-21-10-8-16-25(19-21)23-13-5-2-6-14-23/h1-19H. The molecule has 119 valence electrons. The Bertz CT molecular complexity index is 872. The van der Waals surface area contributed by atoms with Crippen LogP contribution in [-0.4, -0.2) is 0 Å². The fourth-order valence-electron chi connectivity index (χ4n) is 3.07. The first-order valence-corrected chi connectivity index (χ1v) is 8.54. The van der Waals surface area contributed by atoms with Crippen LogP contribution in [0.15, 0.2) is 109 Å². The first kappa shape index (κ1) is 15.4. The summed E-state index contributed by atoms with van der Waals surface area (Å²) in [5.41, 5.74) is 7.41. The smallest absolute Gasteiger partial charge is 0.0199 e. The minimum atomic E-state index is 1.21. The van der Waals surface area contributed by atoms with Crippen molar-refractivity contribution < 1.29 is 0 Å². The van der Waals surface area contributed by atoms with E-state index in [1.54, 1.807) is 0 Å². The molecule has 0 aromatic heterocycles. The second-order valence-electron chi connectivity index (χ2n) is 6.13. The lowest BCUT2D eigenvalue weighted by Gasteiger charge is -2.08. The van der Waals surface area contributed by atoms with Gasteiger partial charge in [0, 0.05) is 6.42 Å². The highest BCUT2D eigenvalue weighted by molar-refractivity contribution is 5.67. The van der Waals surface area contributed by atoms with E-state index in [9.17, 15) is 0 Å². The Kier molecular flexibility index (Phi) is 4.43. The second kappa shape index (κ2) is 7.19. The van der Waals surface area contributed by atoms with Crippen LogP contribution in [0.25, 0.3) is 22.3 Å². The van der Waals surface area contributed by atoms with Gasteiger partial charge in [-0.25, -0.2) is 0 Å². The normalized spacial score (nSPS) is 10.6. The monoisotopic (exact) mass is 319 g/mol. The highest BCUT2D eigenvalue weighted by Crippen LogP contribution is 2.25. The van der Waals surface area contributed by atoms with Gasteiger partial charge in [0.15, 0.2) is 0 Å². The van der Waals surface area contributed by atoms with E-state index in [2.05, 4.69) is 116 Å². The lowest BCUT2D eigenvalue weighted by Crippen LogP contribution is -1.88. The molecule has 0 nitrogen and oxygen atoms in total. The van der Waals surface area contributed by atoms with Crippen LogP contribution in [0.5, 0.6) is 0 Å². The number of hydrogen-bond donors (Lipinski definition) is 0. The zero-order valence-corrected chi connectivity index (χ0v) is 14.0. The van der Waals surface area contributed by atoms with Gasteiger partial charge in [-0.1, -0.05) is 109 Å². The zero-order chi connectivity index (χ0) is 16.9. The summed E-state index contributed by atoms with van der Waals surface area (Å²) in [5.74, 6) is 0. The summed E-state index contributed by atoms with van der Waals surface area (Å²) in [6.07, 6.45) is 2.24. The highest BCUT2D eigenvalue weighted by Gasteiger charge is 2.03. The maximum Gasteiger partial charge on any atom is 0.0199 e. The van der Waals surface area contributed by atoms with Crippen LogP contribution in [0, 0.1) is 6.42 Å². The van der Waals surface area contributed by atoms with Gasteiger partial charge < -0.3 is 0 Å². The predicted octanol–water partition coefficient (Wildman–Crippen LogP) is 6.62. The molecule has 1 radical (unpaired) electrons. The Morgan fingerprint density at radius 1 is 0.360 bits per heavy atom. The van der Waals surface area contributed by atoms with Crippen LogP contribution in [0.2, 0.25) is 0 Å². The first-order chi connectivity index (χ1) is 12.4.